The number of esters is 1. The molecule has 0 spiro atoms. The molecule has 1 unspecified atom stereocenters. The molecule has 0 aliphatic carbocycles. The molecule has 0 bridgehead atoms. The average Bonchev–Trinajstić information content (AvgIpc) is 2.41. The predicted molar refractivity (Wildman–Crippen MR) is 77.1 cm³/mol. The minimum Gasteiger partial charge on any atom is -0.449 e. The Bertz CT molecular complexity index is 578. The van der Waals surface area contributed by atoms with Gasteiger partial charge in [-0.1, -0.05) is 17.7 Å². The van der Waals surface area contributed by atoms with Crippen LogP contribution >= 0.6 is 11.6 Å². The van der Waals surface area contributed by atoms with Gasteiger partial charge in [-0.2, -0.15) is 8.78 Å². The van der Waals surface area contributed by atoms with Crippen LogP contribution in [0.2, 0.25) is 5.02 Å². The van der Waals surface area contributed by atoms with Crippen LogP contribution in [0.1, 0.15) is 13.8 Å². The highest BCUT2D eigenvalue weighted by Gasteiger charge is 2.17. The van der Waals surface area contributed by atoms with Gasteiger partial charge in [0, 0.05) is 11.8 Å². The molecule has 120 valence electrons. The average molecular weight is 334 g/mol. The lowest BCUT2D eigenvalue weighted by molar-refractivity contribution is -0.148. The van der Waals surface area contributed by atoms with E-state index < -0.39 is 24.6 Å². The number of ether oxygens (including phenoxy) is 2. The molecule has 0 heterocycles. The van der Waals surface area contributed by atoms with E-state index in [9.17, 15) is 18.4 Å². The number of hydrogen-bond donors (Lipinski definition) is 1. The van der Waals surface area contributed by atoms with Crippen molar-refractivity contribution in [3.63, 3.8) is 0 Å². The first kappa shape index (κ1) is 17.9. The number of anilines is 1. The molecule has 1 aromatic carbocycles. The van der Waals surface area contributed by atoms with Gasteiger partial charge in [0.2, 0.25) is 0 Å². The number of halogens is 3. The highest BCUT2D eigenvalue weighted by Crippen LogP contribution is 2.29. The fourth-order valence-electron chi connectivity index (χ4n) is 1.42. The predicted octanol–water partition coefficient (Wildman–Crippen LogP) is 3.39. The van der Waals surface area contributed by atoms with Gasteiger partial charge in [-0.05, 0) is 32.0 Å². The van der Waals surface area contributed by atoms with Crippen molar-refractivity contribution in [1.82, 2.24) is 0 Å². The third-order valence-corrected chi connectivity index (χ3v) is 2.68. The summed E-state index contributed by atoms with van der Waals surface area (Å²) < 4.78 is 33.2. The van der Waals surface area contributed by atoms with Crippen molar-refractivity contribution in [2.24, 2.45) is 0 Å². The Morgan fingerprint density at radius 2 is 2.05 bits per heavy atom. The van der Waals surface area contributed by atoms with Gasteiger partial charge in [0.05, 0.1) is 5.02 Å². The van der Waals surface area contributed by atoms with E-state index in [4.69, 9.17) is 16.3 Å². The zero-order valence-electron chi connectivity index (χ0n) is 11.8. The van der Waals surface area contributed by atoms with Crippen LogP contribution in [0, 0.1) is 0 Å². The number of carbonyl (C=O) groups excluding carboxylic acids is 2. The van der Waals surface area contributed by atoms with E-state index in [-0.39, 0.29) is 16.5 Å². The molecule has 1 atom stereocenters. The number of benzene rings is 1. The quantitative estimate of drug-likeness (QED) is 0.640. The highest BCUT2D eigenvalue weighted by atomic mass is 35.5. The highest BCUT2D eigenvalue weighted by molar-refractivity contribution is 6.32. The molecular weight excluding hydrogens is 320 g/mol. The molecule has 0 aliphatic heterocycles. The SMILES string of the molecule is C/C=C/C(=O)OC(C)C(=O)Nc1ccc(OC(F)F)c(Cl)c1. The summed E-state index contributed by atoms with van der Waals surface area (Å²) in [5.41, 5.74) is 0.255. The summed E-state index contributed by atoms with van der Waals surface area (Å²) in [6.07, 6.45) is 1.63. The lowest BCUT2D eigenvalue weighted by Crippen LogP contribution is -2.29. The zero-order chi connectivity index (χ0) is 16.7. The molecule has 1 rings (SSSR count). The largest absolute Gasteiger partial charge is 0.449 e. The van der Waals surface area contributed by atoms with Crippen molar-refractivity contribution in [1.29, 1.82) is 0 Å². The molecular formula is C14H14ClF2NO4. The lowest BCUT2D eigenvalue weighted by Gasteiger charge is -2.13. The van der Waals surface area contributed by atoms with E-state index in [1.54, 1.807) is 6.92 Å². The molecule has 1 amide bonds. The standard InChI is InChI=1S/C14H14ClF2NO4/c1-3-4-12(19)21-8(2)13(20)18-9-5-6-11(10(15)7-9)22-14(16)17/h3-8,14H,1-2H3,(H,18,20)/b4-3+. The molecule has 0 saturated heterocycles. The summed E-state index contributed by atoms with van der Waals surface area (Å²) in [4.78, 5) is 23.0. The van der Waals surface area contributed by atoms with E-state index in [0.29, 0.717) is 0 Å². The van der Waals surface area contributed by atoms with Gasteiger partial charge in [0.15, 0.2) is 6.10 Å². The molecule has 0 fully saturated rings. The normalized spacial score (nSPS) is 12.3. The number of amides is 1. The Balaban J connectivity index is 2.68. The lowest BCUT2D eigenvalue weighted by atomic mass is 10.2. The Kier molecular flexibility index (Phi) is 6.78. The van der Waals surface area contributed by atoms with Gasteiger partial charge < -0.3 is 14.8 Å². The van der Waals surface area contributed by atoms with E-state index in [1.807, 2.05) is 0 Å². The van der Waals surface area contributed by atoms with Gasteiger partial charge in [-0.3, -0.25) is 4.79 Å². The maximum absolute atomic E-state index is 12.1. The van der Waals surface area contributed by atoms with Crippen molar-refractivity contribution in [2.45, 2.75) is 26.6 Å². The van der Waals surface area contributed by atoms with Crippen LogP contribution in [-0.2, 0) is 14.3 Å². The first-order valence-corrected chi connectivity index (χ1v) is 6.59. The Morgan fingerprint density at radius 3 is 2.59 bits per heavy atom. The summed E-state index contributed by atoms with van der Waals surface area (Å²) in [5, 5.41) is 2.36. The molecule has 5 nitrogen and oxygen atoms in total. The third kappa shape index (κ3) is 5.69. The van der Waals surface area contributed by atoms with E-state index in [2.05, 4.69) is 10.1 Å². The molecule has 0 saturated carbocycles. The Labute approximate surface area is 130 Å². The molecule has 22 heavy (non-hydrogen) atoms. The number of rotatable bonds is 6. The van der Waals surface area contributed by atoms with Crippen molar-refractivity contribution in [2.75, 3.05) is 5.32 Å². The fraction of sp³-hybridized carbons (Fsp3) is 0.286. The topological polar surface area (TPSA) is 64.6 Å². The van der Waals surface area contributed by atoms with Crippen molar-refractivity contribution in [3.8, 4) is 5.75 Å². The van der Waals surface area contributed by atoms with E-state index in [0.717, 1.165) is 0 Å². The minimum atomic E-state index is -3.00. The number of alkyl halides is 2. The van der Waals surface area contributed by atoms with Crippen LogP contribution in [0.3, 0.4) is 0 Å². The molecule has 0 radical (unpaired) electrons. The third-order valence-electron chi connectivity index (χ3n) is 2.38. The number of allylic oxidation sites excluding steroid dienone is 1. The van der Waals surface area contributed by atoms with Crippen LogP contribution < -0.4 is 10.1 Å². The second-order valence-corrected chi connectivity index (χ2v) is 4.50. The smallest absolute Gasteiger partial charge is 0.387 e. The number of nitrogens with one attached hydrogen (secondary N) is 1. The molecule has 8 heteroatoms. The summed E-state index contributed by atoms with van der Waals surface area (Å²) in [5.74, 6) is -1.44. The maximum Gasteiger partial charge on any atom is 0.387 e. The van der Waals surface area contributed by atoms with Crippen LogP contribution in [0.4, 0.5) is 14.5 Å². The second kappa shape index (κ2) is 8.33. The Hall–Kier alpha value is -2.15. The van der Waals surface area contributed by atoms with Crippen molar-refractivity contribution in [3.05, 3.63) is 35.4 Å². The van der Waals surface area contributed by atoms with Crippen LogP contribution in [-0.4, -0.2) is 24.6 Å². The van der Waals surface area contributed by atoms with Crippen LogP contribution in [0.5, 0.6) is 5.75 Å². The van der Waals surface area contributed by atoms with E-state index in [1.165, 1.54) is 37.3 Å². The monoisotopic (exact) mass is 333 g/mol. The summed E-state index contributed by atoms with van der Waals surface area (Å²) in [7, 11) is 0. The second-order valence-electron chi connectivity index (χ2n) is 4.09. The van der Waals surface area contributed by atoms with Crippen LogP contribution in [0.25, 0.3) is 0 Å². The van der Waals surface area contributed by atoms with Gasteiger partial charge in [0.25, 0.3) is 5.91 Å². The number of hydrogen-bond acceptors (Lipinski definition) is 4. The zero-order valence-corrected chi connectivity index (χ0v) is 12.6. The molecule has 1 aromatic rings. The van der Waals surface area contributed by atoms with Crippen molar-refractivity contribution >= 4 is 29.2 Å². The summed E-state index contributed by atoms with van der Waals surface area (Å²) >= 11 is 5.76. The van der Waals surface area contributed by atoms with Gasteiger partial charge in [-0.25, -0.2) is 4.79 Å². The van der Waals surface area contributed by atoms with Crippen molar-refractivity contribution < 1.29 is 27.8 Å². The summed E-state index contributed by atoms with van der Waals surface area (Å²) in [6, 6.07) is 3.78. The van der Waals surface area contributed by atoms with Crippen LogP contribution in [0.15, 0.2) is 30.4 Å². The summed E-state index contributed by atoms with van der Waals surface area (Å²) in [6.45, 7) is 0.0351. The Morgan fingerprint density at radius 1 is 1.36 bits per heavy atom. The maximum atomic E-state index is 12.1. The fourth-order valence-corrected chi connectivity index (χ4v) is 1.64. The molecule has 0 aromatic heterocycles. The van der Waals surface area contributed by atoms with Gasteiger partial charge in [0.1, 0.15) is 5.75 Å². The molecule has 0 aliphatic rings. The first-order valence-electron chi connectivity index (χ1n) is 6.22. The van der Waals surface area contributed by atoms with Gasteiger partial charge in [-0.15, -0.1) is 0 Å². The van der Waals surface area contributed by atoms with E-state index >= 15 is 0 Å². The first-order chi connectivity index (χ1) is 10.3. The number of carbonyl (C=O) groups is 2. The molecule has 1 N–H and O–H groups in total. The minimum absolute atomic E-state index is 0.0864. The van der Waals surface area contributed by atoms with Gasteiger partial charge >= 0.3 is 12.6 Å².